The number of amides is 1. The predicted molar refractivity (Wildman–Crippen MR) is 60.8 cm³/mol. The van der Waals surface area contributed by atoms with Crippen molar-refractivity contribution in [3.63, 3.8) is 0 Å². The van der Waals surface area contributed by atoms with Crippen molar-refractivity contribution in [3.05, 3.63) is 35.1 Å². The van der Waals surface area contributed by atoms with Crippen molar-refractivity contribution in [2.24, 2.45) is 5.41 Å². The molecular formula is C13H16FNO. The third-order valence-corrected chi connectivity index (χ3v) is 3.20. The van der Waals surface area contributed by atoms with E-state index in [1.165, 1.54) is 25.0 Å². The fourth-order valence-electron chi connectivity index (χ4n) is 1.57. The van der Waals surface area contributed by atoms with Crippen molar-refractivity contribution < 1.29 is 9.18 Å². The molecule has 3 heteroatoms. The van der Waals surface area contributed by atoms with Crippen molar-refractivity contribution in [2.45, 2.75) is 26.7 Å². The second kappa shape index (κ2) is 3.89. The molecule has 0 aliphatic heterocycles. The Bertz CT molecular complexity index is 424. The van der Waals surface area contributed by atoms with Crippen molar-refractivity contribution in [1.29, 1.82) is 0 Å². The first-order valence-corrected chi connectivity index (χ1v) is 5.55. The van der Waals surface area contributed by atoms with E-state index in [2.05, 4.69) is 12.2 Å². The van der Waals surface area contributed by atoms with Crippen molar-refractivity contribution in [1.82, 2.24) is 5.32 Å². The zero-order chi connectivity index (χ0) is 11.8. The molecule has 2 nitrogen and oxygen atoms in total. The van der Waals surface area contributed by atoms with Crippen LogP contribution < -0.4 is 5.32 Å². The van der Waals surface area contributed by atoms with Crippen LogP contribution in [-0.2, 0) is 0 Å². The van der Waals surface area contributed by atoms with E-state index in [4.69, 9.17) is 0 Å². The Balaban J connectivity index is 2.00. The lowest BCUT2D eigenvalue weighted by Gasteiger charge is -2.10. The van der Waals surface area contributed by atoms with Crippen molar-refractivity contribution in [3.8, 4) is 0 Å². The van der Waals surface area contributed by atoms with Crippen LogP contribution in [0, 0.1) is 18.2 Å². The van der Waals surface area contributed by atoms with Crippen molar-refractivity contribution >= 4 is 5.91 Å². The predicted octanol–water partition coefficient (Wildman–Crippen LogP) is 2.66. The van der Waals surface area contributed by atoms with Gasteiger partial charge in [0.2, 0.25) is 0 Å². The van der Waals surface area contributed by atoms with Crippen LogP contribution in [0.1, 0.15) is 35.7 Å². The minimum Gasteiger partial charge on any atom is -0.351 e. The van der Waals surface area contributed by atoms with Gasteiger partial charge in [-0.2, -0.15) is 0 Å². The number of rotatable bonds is 3. The third-order valence-electron chi connectivity index (χ3n) is 3.20. The molecule has 16 heavy (non-hydrogen) atoms. The largest absolute Gasteiger partial charge is 0.351 e. The summed E-state index contributed by atoms with van der Waals surface area (Å²) in [6.45, 7) is 4.53. The number of carbonyl (C=O) groups is 1. The molecule has 1 aromatic carbocycles. The van der Waals surface area contributed by atoms with Crippen LogP contribution >= 0.6 is 0 Å². The highest BCUT2D eigenvalue weighted by Gasteiger charge is 2.37. The topological polar surface area (TPSA) is 29.1 Å². The van der Waals surface area contributed by atoms with Crippen LogP contribution in [-0.4, -0.2) is 12.5 Å². The van der Waals surface area contributed by atoms with Gasteiger partial charge in [-0.25, -0.2) is 4.39 Å². The molecule has 0 unspecified atom stereocenters. The van der Waals surface area contributed by atoms with Gasteiger partial charge in [0, 0.05) is 12.1 Å². The maximum Gasteiger partial charge on any atom is 0.251 e. The fraction of sp³-hybridized carbons (Fsp3) is 0.462. The summed E-state index contributed by atoms with van der Waals surface area (Å²) in [6.07, 6.45) is 2.35. The van der Waals surface area contributed by atoms with Gasteiger partial charge in [-0.3, -0.25) is 4.79 Å². The van der Waals surface area contributed by atoms with E-state index in [1.54, 1.807) is 13.0 Å². The molecule has 1 saturated carbocycles. The number of carbonyl (C=O) groups excluding carboxylic acids is 1. The summed E-state index contributed by atoms with van der Waals surface area (Å²) in [6, 6.07) is 4.44. The number of hydrogen-bond donors (Lipinski definition) is 1. The van der Waals surface area contributed by atoms with Gasteiger partial charge in [-0.15, -0.1) is 0 Å². The summed E-state index contributed by atoms with van der Waals surface area (Å²) in [4.78, 5) is 11.7. The number of aryl methyl sites for hydroxylation is 1. The third kappa shape index (κ3) is 2.40. The Labute approximate surface area is 94.9 Å². The number of halogens is 1. The summed E-state index contributed by atoms with van der Waals surface area (Å²) in [5.74, 6) is -0.387. The van der Waals surface area contributed by atoms with Gasteiger partial charge in [0.25, 0.3) is 5.91 Å². The molecule has 1 aromatic rings. The van der Waals surface area contributed by atoms with Crippen LogP contribution in [0.4, 0.5) is 4.39 Å². The quantitative estimate of drug-likeness (QED) is 0.835. The summed E-state index contributed by atoms with van der Waals surface area (Å²) in [7, 11) is 0. The molecule has 1 aliphatic carbocycles. The molecule has 1 fully saturated rings. The fourth-order valence-corrected chi connectivity index (χ4v) is 1.57. The van der Waals surface area contributed by atoms with Gasteiger partial charge in [-0.1, -0.05) is 6.92 Å². The normalized spacial score (nSPS) is 16.9. The molecule has 0 atom stereocenters. The molecule has 0 heterocycles. The van der Waals surface area contributed by atoms with Crippen LogP contribution in [0.3, 0.4) is 0 Å². The van der Waals surface area contributed by atoms with Crippen LogP contribution in [0.5, 0.6) is 0 Å². The molecule has 1 N–H and O–H groups in total. The molecule has 0 aromatic heterocycles. The van der Waals surface area contributed by atoms with Crippen LogP contribution in [0.25, 0.3) is 0 Å². The minimum atomic E-state index is -0.272. The molecule has 2 rings (SSSR count). The highest BCUT2D eigenvalue weighted by molar-refractivity contribution is 5.94. The Hall–Kier alpha value is -1.38. The lowest BCUT2D eigenvalue weighted by molar-refractivity contribution is 0.0946. The second-order valence-corrected chi connectivity index (χ2v) is 4.96. The molecule has 0 saturated heterocycles. The SMILES string of the molecule is Cc1cc(C(=O)NCC2(C)CC2)ccc1F. The Morgan fingerprint density at radius 3 is 2.75 bits per heavy atom. The van der Waals surface area contributed by atoms with Crippen LogP contribution in [0.2, 0.25) is 0 Å². The molecule has 0 bridgehead atoms. The van der Waals surface area contributed by atoms with Gasteiger partial charge in [0.05, 0.1) is 0 Å². The summed E-state index contributed by atoms with van der Waals surface area (Å²) in [5, 5.41) is 2.89. The summed E-state index contributed by atoms with van der Waals surface area (Å²) in [5.41, 5.74) is 1.33. The monoisotopic (exact) mass is 221 g/mol. The average Bonchev–Trinajstić information content (AvgIpc) is 2.98. The zero-order valence-corrected chi connectivity index (χ0v) is 9.64. The highest BCUT2D eigenvalue weighted by Crippen LogP contribution is 2.44. The summed E-state index contributed by atoms with van der Waals surface area (Å²) >= 11 is 0. The van der Waals surface area contributed by atoms with E-state index in [0.29, 0.717) is 23.1 Å². The Morgan fingerprint density at radius 2 is 2.19 bits per heavy atom. The summed E-state index contributed by atoms with van der Waals surface area (Å²) < 4.78 is 13.0. The van der Waals surface area contributed by atoms with Crippen LogP contribution in [0.15, 0.2) is 18.2 Å². The first kappa shape index (κ1) is 11.1. The maximum absolute atomic E-state index is 13.0. The lowest BCUT2D eigenvalue weighted by atomic mass is 10.1. The van der Waals surface area contributed by atoms with E-state index in [9.17, 15) is 9.18 Å². The van der Waals surface area contributed by atoms with E-state index < -0.39 is 0 Å². The van der Waals surface area contributed by atoms with Gasteiger partial charge >= 0.3 is 0 Å². The van der Waals surface area contributed by atoms with Crippen molar-refractivity contribution in [2.75, 3.05) is 6.54 Å². The molecule has 0 spiro atoms. The average molecular weight is 221 g/mol. The Morgan fingerprint density at radius 1 is 1.50 bits per heavy atom. The van der Waals surface area contributed by atoms with Gasteiger partial charge in [0.1, 0.15) is 5.82 Å². The number of hydrogen-bond acceptors (Lipinski definition) is 1. The lowest BCUT2D eigenvalue weighted by Crippen LogP contribution is -2.29. The van der Waals surface area contributed by atoms with E-state index in [-0.39, 0.29) is 11.7 Å². The smallest absolute Gasteiger partial charge is 0.251 e. The molecule has 0 radical (unpaired) electrons. The number of benzene rings is 1. The standard InChI is InChI=1S/C13H16FNO/c1-9-7-10(3-4-11(9)14)12(16)15-8-13(2)5-6-13/h3-4,7H,5-6,8H2,1-2H3,(H,15,16). The van der Waals surface area contributed by atoms with E-state index in [1.807, 2.05) is 0 Å². The molecule has 1 amide bonds. The number of nitrogens with one attached hydrogen (secondary N) is 1. The molecule has 1 aliphatic rings. The first-order valence-electron chi connectivity index (χ1n) is 5.55. The second-order valence-electron chi connectivity index (χ2n) is 4.96. The minimum absolute atomic E-state index is 0.115. The van der Waals surface area contributed by atoms with E-state index >= 15 is 0 Å². The van der Waals surface area contributed by atoms with E-state index in [0.717, 1.165) is 0 Å². The first-order chi connectivity index (χ1) is 7.50. The van der Waals surface area contributed by atoms with Gasteiger partial charge in [-0.05, 0) is 48.9 Å². The highest BCUT2D eigenvalue weighted by atomic mass is 19.1. The Kier molecular flexibility index (Phi) is 2.70. The zero-order valence-electron chi connectivity index (χ0n) is 9.64. The maximum atomic E-state index is 13.0. The van der Waals surface area contributed by atoms with Gasteiger partial charge in [0.15, 0.2) is 0 Å². The molecular weight excluding hydrogens is 205 g/mol. The van der Waals surface area contributed by atoms with Gasteiger partial charge < -0.3 is 5.32 Å². The molecule has 86 valence electrons.